The van der Waals surface area contributed by atoms with E-state index in [4.69, 9.17) is 4.74 Å². The van der Waals surface area contributed by atoms with Crippen molar-refractivity contribution in [3.8, 4) is 5.75 Å². The van der Waals surface area contributed by atoms with Crippen molar-refractivity contribution in [1.29, 1.82) is 0 Å². The third kappa shape index (κ3) is 3.23. The van der Waals surface area contributed by atoms with Gasteiger partial charge < -0.3 is 20.7 Å². The molecule has 6 heteroatoms. The van der Waals surface area contributed by atoms with Crippen LogP contribution in [0.25, 0.3) is 0 Å². The highest BCUT2D eigenvalue weighted by Gasteiger charge is 2.17. The maximum absolute atomic E-state index is 11.3. The van der Waals surface area contributed by atoms with Crippen LogP contribution >= 0.6 is 0 Å². The average Bonchev–Trinajstić information content (AvgIpc) is 2.43. The summed E-state index contributed by atoms with van der Waals surface area (Å²) in [6, 6.07) is 5.59. The molecule has 0 aliphatic carbocycles. The van der Waals surface area contributed by atoms with Crippen LogP contribution in [-0.2, 0) is 9.59 Å². The van der Waals surface area contributed by atoms with Crippen LogP contribution < -0.4 is 20.7 Å². The largest absolute Gasteiger partial charge is 0.482 e. The minimum absolute atomic E-state index is 0.00132. The van der Waals surface area contributed by atoms with Crippen molar-refractivity contribution < 1.29 is 14.3 Å². The van der Waals surface area contributed by atoms with Crippen LogP contribution in [0.2, 0.25) is 0 Å². The molecule has 2 amide bonds. The quantitative estimate of drug-likeness (QED) is 0.735. The molecular formula is C13H17N3O3. The lowest BCUT2D eigenvalue weighted by Crippen LogP contribution is -2.33. The van der Waals surface area contributed by atoms with E-state index in [1.807, 2.05) is 25.1 Å². The van der Waals surface area contributed by atoms with Crippen LogP contribution in [0.3, 0.4) is 0 Å². The number of nitrogens with one attached hydrogen (secondary N) is 3. The third-order valence-electron chi connectivity index (χ3n) is 2.98. The van der Waals surface area contributed by atoms with E-state index < -0.39 is 0 Å². The van der Waals surface area contributed by atoms with Crippen molar-refractivity contribution in [1.82, 2.24) is 10.6 Å². The number of ether oxygens (including phenoxy) is 1. The average molecular weight is 263 g/mol. The van der Waals surface area contributed by atoms with Crippen molar-refractivity contribution in [3.63, 3.8) is 0 Å². The standard InChI is InChI=1S/C13H17N3O3/c1-8(15-6-12(17)14-2)9-3-4-11-10(5-9)16-13(18)7-19-11/h3-5,8,15H,6-7H2,1-2H3,(H,14,17)(H,16,18). The monoisotopic (exact) mass is 263 g/mol. The summed E-state index contributed by atoms with van der Waals surface area (Å²) in [6.45, 7) is 2.25. The zero-order chi connectivity index (χ0) is 13.8. The molecule has 0 spiro atoms. The van der Waals surface area contributed by atoms with Gasteiger partial charge in [-0.15, -0.1) is 0 Å². The van der Waals surface area contributed by atoms with Gasteiger partial charge in [-0.05, 0) is 24.6 Å². The van der Waals surface area contributed by atoms with Crippen LogP contribution in [0.5, 0.6) is 5.75 Å². The van der Waals surface area contributed by atoms with Crippen LogP contribution in [0.1, 0.15) is 18.5 Å². The first-order valence-electron chi connectivity index (χ1n) is 6.10. The molecule has 1 aliphatic rings. The number of anilines is 1. The summed E-state index contributed by atoms with van der Waals surface area (Å²) in [5, 5.41) is 8.41. The molecule has 102 valence electrons. The van der Waals surface area contributed by atoms with E-state index in [0.29, 0.717) is 11.4 Å². The molecule has 1 aliphatic heterocycles. The molecule has 0 saturated heterocycles. The molecule has 0 saturated carbocycles. The smallest absolute Gasteiger partial charge is 0.262 e. The first-order chi connectivity index (χ1) is 9.10. The van der Waals surface area contributed by atoms with Crippen molar-refractivity contribution in [3.05, 3.63) is 23.8 Å². The molecule has 1 aromatic carbocycles. The second-order valence-corrected chi connectivity index (χ2v) is 4.37. The zero-order valence-corrected chi connectivity index (χ0v) is 10.9. The van der Waals surface area contributed by atoms with Gasteiger partial charge in [0.05, 0.1) is 12.2 Å². The lowest BCUT2D eigenvalue weighted by atomic mass is 10.1. The highest BCUT2D eigenvalue weighted by Crippen LogP contribution is 2.30. The van der Waals surface area contributed by atoms with Crippen LogP contribution in [0, 0.1) is 0 Å². The predicted molar refractivity (Wildman–Crippen MR) is 71.1 cm³/mol. The Labute approximate surface area is 111 Å². The maximum atomic E-state index is 11.3. The number of amides is 2. The number of carbonyl (C=O) groups excluding carboxylic acids is 2. The summed E-state index contributed by atoms with van der Waals surface area (Å²) in [6.07, 6.45) is 0. The van der Waals surface area contributed by atoms with Crippen LogP contribution in [0.15, 0.2) is 18.2 Å². The van der Waals surface area contributed by atoms with E-state index in [0.717, 1.165) is 5.56 Å². The summed E-state index contributed by atoms with van der Waals surface area (Å²) >= 11 is 0. The molecule has 3 N–H and O–H groups in total. The molecule has 19 heavy (non-hydrogen) atoms. The van der Waals surface area contributed by atoms with E-state index in [1.54, 1.807) is 7.05 Å². The van der Waals surface area contributed by atoms with Gasteiger partial charge >= 0.3 is 0 Å². The molecule has 1 aromatic rings. The van der Waals surface area contributed by atoms with Gasteiger partial charge in [-0.2, -0.15) is 0 Å². The Hall–Kier alpha value is -2.08. The van der Waals surface area contributed by atoms with Gasteiger partial charge in [0, 0.05) is 13.1 Å². The number of fused-ring (bicyclic) bond motifs is 1. The Balaban J connectivity index is 2.06. The Morgan fingerprint density at radius 3 is 3.05 bits per heavy atom. The number of rotatable bonds is 4. The fourth-order valence-corrected chi connectivity index (χ4v) is 1.82. The summed E-state index contributed by atoms with van der Waals surface area (Å²) in [7, 11) is 1.60. The Kier molecular flexibility index (Phi) is 4.01. The Bertz CT molecular complexity index is 502. The Morgan fingerprint density at radius 2 is 2.32 bits per heavy atom. The van der Waals surface area contributed by atoms with Crippen LogP contribution in [-0.4, -0.2) is 32.0 Å². The predicted octanol–water partition coefficient (Wildman–Crippen LogP) is 0.414. The first-order valence-corrected chi connectivity index (χ1v) is 6.10. The van der Waals surface area contributed by atoms with E-state index in [1.165, 1.54) is 0 Å². The lowest BCUT2D eigenvalue weighted by molar-refractivity contribution is -0.120. The van der Waals surface area contributed by atoms with E-state index >= 15 is 0 Å². The molecule has 6 nitrogen and oxygen atoms in total. The summed E-state index contributed by atoms with van der Waals surface area (Å²) < 4.78 is 5.29. The highest BCUT2D eigenvalue weighted by molar-refractivity contribution is 5.95. The number of hydrogen-bond acceptors (Lipinski definition) is 4. The van der Waals surface area contributed by atoms with E-state index in [9.17, 15) is 9.59 Å². The summed E-state index contributed by atoms with van der Waals surface area (Å²) in [5.41, 5.74) is 1.65. The topological polar surface area (TPSA) is 79.5 Å². The van der Waals surface area contributed by atoms with Gasteiger partial charge in [0.2, 0.25) is 5.91 Å². The summed E-state index contributed by atoms with van der Waals surface area (Å²) in [4.78, 5) is 22.4. The van der Waals surface area contributed by atoms with Crippen LogP contribution in [0.4, 0.5) is 5.69 Å². The zero-order valence-electron chi connectivity index (χ0n) is 10.9. The lowest BCUT2D eigenvalue weighted by Gasteiger charge is -2.20. The van der Waals surface area contributed by atoms with Gasteiger partial charge in [0.15, 0.2) is 6.61 Å². The Morgan fingerprint density at radius 1 is 1.53 bits per heavy atom. The second kappa shape index (κ2) is 5.71. The maximum Gasteiger partial charge on any atom is 0.262 e. The van der Waals surface area contributed by atoms with Gasteiger partial charge in [0.1, 0.15) is 5.75 Å². The fraction of sp³-hybridized carbons (Fsp3) is 0.385. The summed E-state index contributed by atoms with van der Waals surface area (Å²) in [5.74, 6) is 0.443. The molecule has 0 bridgehead atoms. The molecule has 1 unspecified atom stereocenters. The number of hydrogen-bond donors (Lipinski definition) is 3. The highest BCUT2D eigenvalue weighted by atomic mass is 16.5. The molecule has 0 aromatic heterocycles. The van der Waals surface area contributed by atoms with Crippen molar-refractivity contribution in [2.45, 2.75) is 13.0 Å². The SMILES string of the molecule is CNC(=O)CNC(C)c1ccc2c(c1)NC(=O)CO2. The minimum atomic E-state index is -0.157. The first kappa shape index (κ1) is 13.4. The molecule has 0 fully saturated rings. The number of likely N-dealkylation sites (N-methyl/N-ethyl adjacent to an activating group) is 1. The van der Waals surface area contributed by atoms with Gasteiger partial charge in [-0.3, -0.25) is 9.59 Å². The number of carbonyl (C=O) groups is 2. The molecule has 1 heterocycles. The molecular weight excluding hydrogens is 246 g/mol. The fourth-order valence-electron chi connectivity index (χ4n) is 1.82. The van der Waals surface area contributed by atoms with E-state index in [2.05, 4.69) is 16.0 Å². The second-order valence-electron chi connectivity index (χ2n) is 4.37. The van der Waals surface area contributed by atoms with Crippen molar-refractivity contribution in [2.24, 2.45) is 0 Å². The van der Waals surface area contributed by atoms with Gasteiger partial charge in [0.25, 0.3) is 5.91 Å². The minimum Gasteiger partial charge on any atom is -0.482 e. The van der Waals surface area contributed by atoms with Gasteiger partial charge in [-0.25, -0.2) is 0 Å². The van der Waals surface area contributed by atoms with Crippen molar-refractivity contribution in [2.75, 3.05) is 25.5 Å². The molecule has 0 radical (unpaired) electrons. The molecule has 1 atom stereocenters. The molecule has 2 rings (SSSR count). The van der Waals surface area contributed by atoms with E-state index in [-0.39, 0.29) is 31.0 Å². The third-order valence-corrected chi connectivity index (χ3v) is 2.98. The number of benzene rings is 1. The van der Waals surface area contributed by atoms with Gasteiger partial charge in [-0.1, -0.05) is 6.07 Å². The van der Waals surface area contributed by atoms with Crippen molar-refractivity contribution >= 4 is 17.5 Å². The normalized spacial score (nSPS) is 14.9.